The number of rotatable bonds is 3. The Kier molecular flexibility index (Phi) is 3.38. The lowest BCUT2D eigenvalue weighted by atomic mass is 10.2. The Hall–Kier alpha value is -0.870. The largest absolute Gasteiger partial charge is 0.235 e. The molecule has 2 aromatic rings. The quantitative estimate of drug-likeness (QED) is 0.754. The minimum Gasteiger partial charge on any atom is -0.235 e. The molecule has 0 amide bonds. The van der Waals surface area contributed by atoms with Crippen LogP contribution in [0.2, 0.25) is 0 Å². The van der Waals surface area contributed by atoms with Gasteiger partial charge in [0, 0.05) is 16.8 Å². The van der Waals surface area contributed by atoms with Gasteiger partial charge in [0.2, 0.25) is 0 Å². The van der Waals surface area contributed by atoms with E-state index in [9.17, 15) is 4.39 Å². The van der Waals surface area contributed by atoms with Gasteiger partial charge >= 0.3 is 0 Å². The first kappa shape index (κ1) is 10.6. The van der Waals surface area contributed by atoms with Crippen LogP contribution in [0.4, 0.5) is 4.39 Å². The number of thiazole rings is 1. The zero-order valence-electron chi connectivity index (χ0n) is 8.24. The van der Waals surface area contributed by atoms with Crippen molar-refractivity contribution in [2.24, 2.45) is 0 Å². The van der Waals surface area contributed by atoms with Gasteiger partial charge in [0.25, 0.3) is 0 Å². The van der Waals surface area contributed by atoms with Crippen molar-refractivity contribution < 1.29 is 4.39 Å². The molecule has 1 aromatic heterocycles. The zero-order valence-corrected chi connectivity index (χ0v) is 9.87. The predicted octanol–water partition coefficient (Wildman–Crippen LogP) is 3.88. The van der Waals surface area contributed by atoms with Gasteiger partial charge in [0.05, 0.1) is 0 Å². The molecule has 0 spiro atoms. The molecule has 0 aliphatic heterocycles. The third-order valence-corrected chi connectivity index (χ3v) is 4.09. The molecule has 1 heterocycles. The molecule has 1 aromatic carbocycles. The summed E-state index contributed by atoms with van der Waals surface area (Å²) >= 11 is 3.18. The Balaban J connectivity index is 2.02. The Morgan fingerprint density at radius 1 is 1.40 bits per heavy atom. The van der Waals surface area contributed by atoms with Gasteiger partial charge in [-0.15, -0.1) is 11.3 Å². The van der Waals surface area contributed by atoms with E-state index in [-0.39, 0.29) is 5.82 Å². The number of nitrogens with zero attached hydrogens (tertiary/aromatic N) is 1. The zero-order chi connectivity index (χ0) is 10.7. The van der Waals surface area contributed by atoms with Gasteiger partial charge in [0.15, 0.2) is 0 Å². The molecule has 2 rings (SSSR count). The molecule has 0 aliphatic rings. The highest BCUT2D eigenvalue weighted by Crippen LogP contribution is 2.26. The summed E-state index contributed by atoms with van der Waals surface area (Å²) in [7, 11) is 0. The van der Waals surface area contributed by atoms with Crippen LogP contribution in [-0.2, 0) is 5.75 Å². The third kappa shape index (κ3) is 2.79. The van der Waals surface area contributed by atoms with E-state index in [0.717, 1.165) is 15.6 Å². The van der Waals surface area contributed by atoms with Crippen LogP contribution in [0.1, 0.15) is 11.3 Å². The highest BCUT2D eigenvalue weighted by molar-refractivity contribution is 8.00. The number of hydrogen-bond donors (Lipinski definition) is 0. The Labute approximate surface area is 96.4 Å². The van der Waals surface area contributed by atoms with Crippen LogP contribution in [0.15, 0.2) is 34.0 Å². The second kappa shape index (κ2) is 4.77. The van der Waals surface area contributed by atoms with Gasteiger partial charge in [0.1, 0.15) is 10.2 Å². The van der Waals surface area contributed by atoms with Gasteiger partial charge in [-0.3, -0.25) is 0 Å². The summed E-state index contributed by atoms with van der Waals surface area (Å²) in [6.45, 7) is 1.96. The Bertz CT molecular complexity index is 453. The van der Waals surface area contributed by atoms with E-state index < -0.39 is 0 Å². The minimum atomic E-state index is -0.140. The van der Waals surface area contributed by atoms with Gasteiger partial charge in [-0.2, -0.15) is 0 Å². The monoisotopic (exact) mass is 239 g/mol. The summed E-state index contributed by atoms with van der Waals surface area (Å²) in [6.07, 6.45) is 0. The van der Waals surface area contributed by atoms with Gasteiger partial charge < -0.3 is 0 Å². The molecule has 0 fully saturated rings. The van der Waals surface area contributed by atoms with Crippen molar-refractivity contribution in [3.63, 3.8) is 0 Å². The summed E-state index contributed by atoms with van der Waals surface area (Å²) in [6, 6.07) is 6.86. The van der Waals surface area contributed by atoms with Crippen LogP contribution < -0.4 is 0 Å². The van der Waals surface area contributed by atoms with Crippen LogP contribution >= 0.6 is 23.1 Å². The van der Waals surface area contributed by atoms with E-state index in [1.54, 1.807) is 29.2 Å². The van der Waals surface area contributed by atoms with Gasteiger partial charge in [-0.25, -0.2) is 9.37 Å². The molecule has 0 N–H and O–H groups in total. The lowest BCUT2D eigenvalue weighted by Gasteiger charge is -1.99. The lowest BCUT2D eigenvalue weighted by Crippen LogP contribution is -1.85. The molecule has 0 atom stereocenters. The normalized spacial score (nSPS) is 10.5. The van der Waals surface area contributed by atoms with Crippen molar-refractivity contribution in [2.45, 2.75) is 17.0 Å². The fraction of sp³-hybridized carbons (Fsp3) is 0.182. The Morgan fingerprint density at radius 3 is 2.87 bits per heavy atom. The highest BCUT2D eigenvalue weighted by Gasteiger charge is 2.03. The number of aryl methyl sites for hydroxylation is 1. The fourth-order valence-electron chi connectivity index (χ4n) is 1.15. The second-order valence-electron chi connectivity index (χ2n) is 3.13. The van der Waals surface area contributed by atoms with Crippen molar-refractivity contribution >= 4 is 23.1 Å². The van der Waals surface area contributed by atoms with E-state index in [2.05, 4.69) is 4.98 Å². The highest BCUT2D eigenvalue weighted by atomic mass is 32.2. The van der Waals surface area contributed by atoms with Crippen molar-refractivity contribution in [1.82, 2.24) is 4.98 Å². The first-order valence-corrected chi connectivity index (χ1v) is 6.40. The van der Waals surface area contributed by atoms with E-state index in [4.69, 9.17) is 0 Å². The smallest absolute Gasteiger partial charge is 0.150 e. The molecule has 4 heteroatoms. The lowest BCUT2D eigenvalue weighted by molar-refractivity contribution is 0.617. The topological polar surface area (TPSA) is 12.9 Å². The minimum absolute atomic E-state index is 0.140. The third-order valence-electron chi connectivity index (χ3n) is 1.91. The summed E-state index contributed by atoms with van der Waals surface area (Å²) in [4.78, 5) is 4.31. The summed E-state index contributed by atoms with van der Waals surface area (Å²) < 4.78 is 14.3. The molecular formula is C11H10FNS2. The number of aromatic nitrogens is 1. The molecule has 0 saturated carbocycles. The van der Waals surface area contributed by atoms with Gasteiger partial charge in [-0.05, 0) is 18.6 Å². The first-order valence-electron chi connectivity index (χ1n) is 4.54. The summed E-state index contributed by atoms with van der Waals surface area (Å²) in [5.41, 5.74) is 1.76. The van der Waals surface area contributed by atoms with Crippen LogP contribution in [0, 0.1) is 12.7 Å². The van der Waals surface area contributed by atoms with Crippen LogP contribution in [0.5, 0.6) is 0 Å². The van der Waals surface area contributed by atoms with Crippen LogP contribution in [0.25, 0.3) is 0 Å². The Morgan fingerprint density at radius 2 is 2.20 bits per heavy atom. The number of thioether (sulfide) groups is 1. The summed E-state index contributed by atoms with van der Waals surface area (Å²) in [5.74, 6) is 0.498. The van der Waals surface area contributed by atoms with Crippen LogP contribution in [0.3, 0.4) is 0 Å². The van der Waals surface area contributed by atoms with Crippen molar-refractivity contribution in [3.8, 4) is 0 Å². The molecular weight excluding hydrogens is 229 g/mol. The molecule has 0 radical (unpaired) electrons. The average molecular weight is 239 g/mol. The SMILES string of the molecule is Cc1csc(SCc2ccccc2F)n1. The number of benzene rings is 1. The molecule has 15 heavy (non-hydrogen) atoms. The molecule has 0 aliphatic carbocycles. The fourth-order valence-corrected chi connectivity index (χ4v) is 2.99. The van der Waals surface area contributed by atoms with Crippen molar-refractivity contribution in [3.05, 3.63) is 46.7 Å². The second-order valence-corrected chi connectivity index (χ2v) is 5.22. The maximum absolute atomic E-state index is 13.3. The predicted molar refractivity (Wildman–Crippen MR) is 62.8 cm³/mol. The van der Waals surface area contributed by atoms with Crippen LogP contribution in [-0.4, -0.2) is 4.98 Å². The van der Waals surface area contributed by atoms with Gasteiger partial charge in [-0.1, -0.05) is 30.0 Å². The average Bonchev–Trinajstić information content (AvgIpc) is 2.63. The van der Waals surface area contributed by atoms with E-state index in [1.165, 1.54) is 6.07 Å². The van der Waals surface area contributed by atoms with Crippen molar-refractivity contribution in [1.29, 1.82) is 0 Å². The molecule has 1 nitrogen and oxygen atoms in total. The van der Waals surface area contributed by atoms with E-state index in [1.807, 2.05) is 24.4 Å². The number of hydrogen-bond acceptors (Lipinski definition) is 3. The molecule has 0 saturated heterocycles. The number of halogens is 1. The molecule has 0 unspecified atom stereocenters. The van der Waals surface area contributed by atoms with E-state index in [0.29, 0.717) is 5.75 Å². The molecule has 78 valence electrons. The maximum Gasteiger partial charge on any atom is 0.150 e. The van der Waals surface area contributed by atoms with E-state index >= 15 is 0 Å². The summed E-state index contributed by atoms with van der Waals surface area (Å²) in [5, 5.41) is 2.00. The molecule has 0 bridgehead atoms. The first-order chi connectivity index (χ1) is 7.25. The standard InChI is InChI=1S/C11H10FNS2/c1-8-6-14-11(13-8)15-7-9-4-2-3-5-10(9)12/h2-6H,7H2,1H3. The van der Waals surface area contributed by atoms with Crippen molar-refractivity contribution in [2.75, 3.05) is 0 Å². The maximum atomic E-state index is 13.3.